The second kappa shape index (κ2) is 8.15. The van der Waals surface area contributed by atoms with Gasteiger partial charge in [-0.15, -0.1) is 0 Å². The predicted molar refractivity (Wildman–Crippen MR) is 95.0 cm³/mol. The normalized spacial score (nSPS) is 11.2. The molecule has 0 N–H and O–H groups in total. The maximum Gasteiger partial charge on any atom is 0.178 e. The summed E-state index contributed by atoms with van der Waals surface area (Å²) in [5.74, 6) is -0.0632. The Balaban J connectivity index is 1.90. The number of ketones is 1. The van der Waals surface area contributed by atoms with Crippen molar-refractivity contribution in [1.29, 1.82) is 0 Å². The van der Waals surface area contributed by atoms with Gasteiger partial charge in [0.25, 0.3) is 0 Å². The van der Waals surface area contributed by atoms with Crippen LogP contribution in [-0.2, 0) is 4.84 Å². The quantitative estimate of drug-likeness (QED) is 0.336. The van der Waals surface area contributed by atoms with Crippen molar-refractivity contribution in [3.05, 3.63) is 65.8 Å². The molecule has 0 saturated carbocycles. The maximum absolute atomic E-state index is 11.4. The summed E-state index contributed by atoms with van der Waals surface area (Å²) in [6, 6.07) is 11.1. The second-order valence-corrected chi connectivity index (χ2v) is 5.49. The molecule has 0 aliphatic carbocycles. The van der Waals surface area contributed by atoms with Crippen molar-refractivity contribution in [2.45, 2.75) is 27.2 Å². The maximum atomic E-state index is 11.4. The zero-order valence-electron chi connectivity index (χ0n) is 14.2. The number of Topliss-reactive ketones (excluding diaryl/α,β-unsaturated/α-hetero) is 1. The van der Waals surface area contributed by atoms with Crippen molar-refractivity contribution in [3.63, 3.8) is 0 Å². The van der Waals surface area contributed by atoms with Gasteiger partial charge in [0.05, 0.1) is 11.4 Å². The highest BCUT2D eigenvalue weighted by Gasteiger charge is 2.06. The van der Waals surface area contributed by atoms with Crippen LogP contribution in [-0.4, -0.2) is 28.1 Å². The van der Waals surface area contributed by atoms with E-state index >= 15 is 0 Å². The molecule has 0 aliphatic rings. The van der Waals surface area contributed by atoms with Crippen LogP contribution in [0.3, 0.4) is 0 Å². The summed E-state index contributed by atoms with van der Waals surface area (Å²) >= 11 is 0. The van der Waals surface area contributed by atoms with E-state index in [1.54, 1.807) is 12.1 Å². The van der Waals surface area contributed by atoms with Crippen molar-refractivity contribution >= 4 is 17.1 Å². The number of pyridine rings is 2. The Labute approximate surface area is 142 Å². The monoisotopic (exact) mass is 323 g/mol. The van der Waals surface area contributed by atoms with E-state index in [1.165, 1.54) is 6.92 Å². The minimum Gasteiger partial charge on any atom is -0.395 e. The third-order valence-electron chi connectivity index (χ3n) is 3.43. The van der Waals surface area contributed by atoms with Crippen molar-refractivity contribution in [1.82, 2.24) is 9.97 Å². The molecule has 0 unspecified atom stereocenters. The summed E-state index contributed by atoms with van der Waals surface area (Å²) in [4.78, 5) is 25.4. The number of carbonyl (C=O) groups is 1. The Morgan fingerprint density at radius 3 is 2.46 bits per heavy atom. The fourth-order valence-electron chi connectivity index (χ4n) is 2.06. The van der Waals surface area contributed by atoms with Crippen molar-refractivity contribution in [2.75, 3.05) is 6.61 Å². The van der Waals surface area contributed by atoms with Crippen LogP contribution in [0, 0.1) is 6.92 Å². The zero-order chi connectivity index (χ0) is 17.5. The fourth-order valence-corrected chi connectivity index (χ4v) is 2.06. The Morgan fingerprint density at radius 2 is 1.75 bits per heavy atom. The minimum absolute atomic E-state index is 0.0632. The Morgan fingerprint density at radius 1 is 1.08 bits per heavy atom. The van der Waals surface area contributed by atoms with Gasteiger partial charge in [0, 0.05) is 19.0 Å². The summed E-state index contributed by atoms with van der Waals surface area (Å²) in [5.41, 5.74) is 4.40. The number of hydrogen-bond donors (Lipinski definition) is 0. The first kappa shape index (κ1) is 17.5. The van der Waals surface area contributed by atoms with Gasteiger partial charge in [-0.1, -0.05) is 23.9 Å². The SMILES string of the molecule is C=C(CCON=C(C)c1cccc(C)n1)c1cccc(C(C)=O)n1. The molecule has 5 nitrogen and oxygen atoms in total. The van der Waals surface area contributed by atoms with Gasteiger partial charge in [0.1, 0.15) is 18.0 Å². The lowest BCUT2D eigenvalue weighted by atomic mass is 10.1. The smallest absolute Gasteiger partial charge is 0.178 e. The van der Waals surface area contributed by atoms with Crippen LogP contribution in [0.25, 0.3) is 5.57 Å². The summed E-state index contributed by atoms with van der Waals surface area (Å²) in [6.45, 7) is 9.66. The molecule has 0 aliphatic heterocycles. The first-order valence-corrected chi connectivity index (χ1v) is 7.74. The molecule has 5 heteroatoms. The lowest BCUT2D eigenvalue weighted by molar-refractivity contribution is 0.101. The van der Waals surface area contributed by atoms with Crippen molar-refractivity contribution < 1.29 is 9.63 Å². The Bertz CT molecular complexity index is 782. The lowest BCUT2D eigenvalue weighted by Crippen LogP contribution is -2.02. The highest BCUT2D eigenvalue weighted by Crippen LogP contribution is 2.14. The highest BCUT2D eigenvalue weighted by molar-refractivity contribution is 5.96. The molecule has 2 rings (SSSR count). The zero-order valence-corrected chi connectivity index (χ0v) is 14.2. The van der Waals surface area contributed by atoms with Gasteiger partial charge in [-0.3, -0.25) is 9.78 Å². The Hall–Kier alpha value is -2.82. The van der Waals surface area contributed by atoms with E-state index in [0.717, 1.165) is 22.7 Å². The number of hydrogen-bond acceptors (Lipinski definition) is 5. The largest absolute Gasteiger partial charge is 0.395 e. The molecule has 124 valence electrons. The molecular weight excluding hydrogens is 302 g/mol. The van der Waals surface area contributed by atoms with Gasteiger partial charge >= 0.3 is 0 Å². The predicted octanol–water partition coefficient (Wildman–Crippen LogP) is 3.83. The van der Waals surface area contributed by atoms with E-state index < -0.39 is 0 Å². The lowest BCUT2D eigenvalue weighted by Gasteiger charge is -2.06. The molecule has 0 atom stereocenters. The van der Waals surface area contributed by atoms with Gasteiger partial charge in [-0.05, 0) is 43.7 Å². The molecule has 0 bridgehead atoms. The van der Waals surface area contributed by atoms with Crippen LogP contribution in [0.4, 0.5) is 0 Å². The number of aryl methyl sites for hydroxylation is 1. The van der Waals surface area contributed by atoms with E-state index in [0.29, 0.717) is 24.4 Å². The number of aromatic nitrogens is 2. The molecule has 2 aromatic heterocycles. The van der Waals surface area contributed by atoms with Gasteiger partial charge in [-0.25, -0.2) is 4.98 Å². The first-order chi connectivity index (χ1) is 11.5. The van der Waals surface area contributed by atoms with E-state index in [1.807, 2.05) is 38.1 Å². The van der Waals surface area contributed by atoms with Crippen molar-refractivity contribution in [2.24, 2.45) is 5.16 Å². The fraction of sp³-hybridized carbons (Fsp3) is 0.263. The molecule has 2 aromatic rings. The van der Waals surface area contributed by atoms with E-state index in [-0.39, 0.29) is 5.78 Å². The third-order valence-corrected chi connectivity index (χ3v) is 3.43. The average Bonchev–Trinajstić information content (AvgIpc) is 2.58. The van der Waals surface area contributed by atoms with Gasteiger partial charge in [0.15, 0.2) is 5.78 Å². The molecule has 0 fully saturated rings. The third kappa shape index (κ3) is 4.84. The molecule has 0 spiro atoms. The average molecular weight is 323 g/mol. The summed E-state index contributed by atoms with van der Waals surface area (Å²) < 4.78 is 0. The van der Waals surface area contributed by atoms with E-state index in [4.69, 9.17) is 4.84 Å². The van der Waals surface area contributed by atoms with E-state index in [9.17, 15) is 4.79 Å². The first-order valence-electron chi connectivity index (χ1n) is 7.74. The summed E-state index contributed by atoms with van der Waals surface area (Å²) in [6.07, 6.45) is 0.576. The van der Waals surface area contributed by atoms with Crippen molar-refractivity contribution in [3.8, 4) is 0 Å². The molecule has 24 heavy (non-hydrogen) atoms. The molecule has 0 radical (unpaired) electrons. The van der Waals surface area contributed by atoms with Gasteiger partial charge in [0.2, 0.25) is 0 Å². The molecule has 2 heterocycles. The number of oxime groups is 1. The molecular formula is C19H21N3O2. The number of carbonyl (C=O) groups excluding carboxylic acids is 1. The van der Waals surface area contributed by atoms with Crippen LogP contribution < -0.4 is 0 Å². The minimum atomic E-state index is -0.0632. The van der Waals surface area contributed by atoms with E-state index in [2.05, 4.69) is 21.7 Å². The van der Waals surface area contributed by atoms with Crippen LogP contribution in [0.1, 0.15) is 47.8 Å². The number of rotatable bonds is 7. The van der Waals surface area contributed by atoms with Crippen LogP contribution >= 0.6 is 0 Å². The van der Waals surface area contributed by atoms with Gasteiger partial charge < -0.3 is 4.84 Å². The number of nitrogens with zero attached hydrogens (tertiary/aromatic N) is 3. The second-order valence-electron chi connectivity index (χ2n) is 5.49. The summed E-state index contributed by atoms with van der Waals surface area (Å²) in [7, 11) is 0. The van der Waals surface area contributed by atoms with Crippen LogP contribution in [0.15, 0.2) is 48.1 Å². The topological polar surface area (TPSA) is 64.4 Å². The standard InChI is InChI=1S/C19H21N3O2/c1-13(17-8-6-10-19(21-17)16(4)23)11-12-24-22-15(3)18-9-5-7-14(2)20-18/h5-10H,1,11-12H2,2-4H3. The Kier molecular flexibility index (Phi) is 5.95. The van der Waals surface area contributed by atoms with Crippen LogP contribution in [0.2, 0.25) is 0 Å². The molecule has 0 saturated heterocycles. The van der Waals surface area contributed by atoms with Crippen LogP contribution in [0.5, 0.6) is 0 Å². The summed E-state index contributed by atoms with van der Waals surface area (Å²) in [5, 5.41) is 4.09. The highest BCUT2D eigenvalue weighted by atomic mass is 16.6. The molecule has 0 amide bonds. The van der Waals surface area contributed by atoms with Gasteiger partial charge in [-0.2, -0.15) is 0 Å². The molecule has 0 aromatic carbocycles.